The smallest absolute Gasteiger partial charge is 0.133 e. The van der Waals surface area contributed by atoms with E-state index in [-0.39, 0.29) is 28.4 Å². The molecule has 9 heteroatoms. The third kappa shape index (κ3) is 3.56. The lowest BCUT2D eigenvalue weighted by molar-refractivity contribution is -0.205. The minimum atomic E-state index is -1.41. The highest BCUT2D eigenvalue weighted by atomic mass is 32.2. The van der Waals surface area contributed by atoms with E-state index in [0.29, 0.717) is 6.04 Å². The molecule has 33 heavy (non-hydrogen) atoms. The van der Waals surface area contributed by atoms with Crippen molar-refractivity contribution in [3.8, 4) is 5.75 Å². The molecule has 5 N–H and O–H groups in total. The number of likely N-dealkylation sites (N-methyl/N-ethyl adjacent to an activating group) is 1. The number of hydrogen-bond donors (Lipinski definition) is 5. The summed E-state index contributed by atoms with van der Waals surface area (Å²) in [4.78, 5) is 2.40. The zero-order valence-corrected chi connectivity index (χ0v) is 19.6. The zero-order valence-electron chi connectivity index (χ0n) is 18.8. The largest absolute Gasteiger partial charge is 0.508 e. The van der Waals surface area contributed by atoms with Gasteiger partial charge in [-0.3, -0.25) is 0 Å². The van der Waals surface area contributed by atoms with E-state index in [1.54, 1.807) is 13.2 Å². The molecular formula is C24H33NO7S. The summed E-state index contributed by atoms with van der Waals surface area (Å²) in [6, 6.07) is 5.96. The summed E-state index contributed by atoms with van der Waals surface area (Å²) in [7, 11) is 3.85. The predicted octanol–water partition coefficient (Wildman–Crippen LogP) is -0.00710. The Morgan fingerprint density at radius 1 is 1.18 bits per heavy atom. The molecule has 2 aliphatic carbocycles. The van der Waals surface area contributed by atoms with E-state index in [1.807, 2.05) is 12.1 Å². The van der Waals surface area contributed by atoms with E-state index in [4.69, 9.17) is 9.47 Å². The maximum absolute atomic E-state index is 10.6. The van der Waals surface area contributed by atoms with Crippen LogP contribution < -0.4 is 0 Å². The van der Waals surface area contributed by atoms with Crippen molar-refractivity contribution >= 4 is 11.8 Å². The summed E-state index contributed by atoms with van der Waals surface area (Å²) in [5.74, 6) is 0.448. The van der Waals surface area contributed by atoms with E-state index in [9.17, 15) is 25.5 Å². The number of fused-ring (bicyclic) bond motifs is 1. The average Bonchev–Trinajstić information content (AvgIpc) is 2.81. The van der Waals surface area contributed by atoms with Crippen LogP contribution in [0.25, 0.3) is 0 Å². The number of phenolic OH excluding ortho intramolecular Hbond substituents is 1. The van der Waals surface area contributed by atoms with Gasteiger partial charge in [-0.15, -0.1) is 11.8 Å². The monoisotopic (exact) mass is 479 g/mol. The fourth-order valence-electron chi connectivity index (χ4n) is 6.51. The summed E-state index contributed by atoms with van der Waals surface area (Å²) in [6.07, 6.45) is 0.803. The topological polar surface area (TPSA) is 123 Å². The van der Waals surface area contributed by atoms with Crippen LogP contribution in [0, 0.1) is 5.92 Å². The Labute approximate surface area is 197 Å². The third-order valence-corrected chi connectivity index (χ3v) is 9.56. The van der Waals surface area contributed by atoms with Crippen molar-refractivity contribution in [1.82, 2.24) is 4.90 Å². The van der Waals surface area contributed by atoms with Crippen LogP contribution >= 0.6 is 11.8 Å². The van der Waals surface area contributed by atoms with Gasteiger partial charge in [-0.1, -0.05) is 18.2 Å². The second-order valence-electron chi connectivity index (χ2n) is 9.75. The zero-order chi connectivity index (χ0) is 23.5. The minimum absolute atomic E-state index is 0.204. The number of likely N-dealkylation sites (tertiary alicyclic amines) is 1. The van der Waals surface area contributed by atoms with E-state index >= 15 is 0 Å². The number of phenols is 1. The van der Waals surface area contributed by atoms with Crippen LogP contribution in [0.3, 0.4) is 0 Å². The summed E-state index contributed by atoms with van der Waals surface area (Å²) in [5, 5.41) is 50.7. The normalized spacial score (nSPS) is 44.8. The lowest BCUT2D eigenvalue weighted by atomic mass is 9.53. The van der Waals surface area contributed by atoms with Crippen molar-refractivity contribution < 1.29 is 35.0 Å². The van der Waals surface area contributed by atoms with Crippen molar-refractivity contribution in [3.05, 3.63) is 41.5 Å². The highest BCUT2D eigenvalue weighted by Crippen LogP contribution is 2.56. The number of rotatable bonds is 4. The summed E-state index contributed by atoms with van der Waals surface area (Å²) < 4.78 is 12.0. The van der Waals surface area contributed by atoms with Gasteiger partial charge in [0.05, 0.1) is 18.0 Å². The molecule has 0 amide bonds. The molecule has 2 aliphatic heterocycles. The van der Waals surface area contributed by atoms with Gasteiger partial charge in [-0.05, 0) is 49.7 Å². The van der Waals surface area contributed by atoms with Crippen LogP contribution in [0.4, 0.5) is 0 Å². The number of piperidine rings is 1. The van der Waals surface area contributed by atoms with Crippen LogP contribution in [-0.4, -0.2) is 105 Å². The number of hydrogen-bond acceptors (Lipinski definition) is 9. The molecule has 4 aliphatic rings. The number of nitrogens with zero attached hydrogens (tertiary/aromatic N) is 1. The van der Waals surface area contributed by atoms with E-state index < -0.39 is 36.5 Å². The molecule has 2 saturated heterocycles. The van der Waals surface area contributed by atoms with Gasteiger partial charge in [0.15, 0.2) is 0 Å². The van der Waals surface area contributed by atoms with Gasteiger partial charge in [0.2, 0.25) is 0 Å². The molecule has 1 aromatic carbocycles. The van der Waals surface area contributed by atoms with E-state index in [2.05, 4.69) is 24.1 Å². The molecule has 182 valence electrons. The first-order valence-corrected chi connectivity index (χ1v) is 12.5. The molecule has 1 aromatic rings. The molecule has 6 unspecified atom stereocenters. The highest BCUT2D eigenvalue weighted by Gasteiger charge is 2.59. The average molecular weight is 480 g/mol. The molecule has 0 saturated carbocycles. The Kier molecular flexibility index (Phi) is 6.29. The number of benzene rings is 1. The molecule has 10 atom stereocenters. The fraction of sp³-hybridized carbons (Fsp3) is 0.667. The Balaban J connectivity index is 1.52. The van der Waals surface area contributed by atoms with Crippen LogP contribution in [-0.2, 0) is 21.3 Å². The van der Waals surface area contributed by atoms with Gasteiger partial charge in [0, 0.05) is 24.5 Å². The molecule has 2 fully saturated rings. The van der Waals surface area contributed by atoms with Crippen molar-refractivity contribution in [2.24, 2.45) is 5.92 Å². The van der Waals surface area contributed by atoms with Crippen LogP contribution in [0.5, 0.6) is 5.75 Å². The SMILES string of the molecule is COC1[C@H](SC2OC(CO)C(O)C(O)C2O)C=C[C@H]2[C@H]3Cc4ccc(O)cc4[C@@]12CCN3C. The number of methoxy groups -OCH3 is 1. The molecular weight excluding hydrogens is 446 g/mol. The quantitative estimate of drug-likeness (QED) is 0.380. The van der Waals surface area contributed by atoms with E-state index in [1.165, 1.54) is 17.3 Å². The third-order valence-electron chi connectivity index (χ3n) is 8.19. The number of ether oxygens (including phenoxy) is 2. The first-order chi connectivity index (χ1) is 15.8. The second kappa shape index (κ2) is 8.80. The summed E-state index contributed by atoms with van der Waals surface area (Å²) >= 11 is 1.34. The maximum atomic E-state index is 10.6. The standard InChI is InChI=1S/C24H33NO7S/c1-25-8-7-24-14(16(25)9-12-3-4-13(27)10-15(12)24)5-6-18(22(24)31-2)33-23-21(30)20(29)19(28)17(11-26)32-23/h3-6,10,14,16-23,26-30H,7-9,11H2,1-2H3/t14-,16+,17?,18+,19?,20?,21?,22?,23?,24-/m0/s1. The molecule has 2 heterocycles. The van der Waals surface area contributed by atoms with Gasteiger partial charge >= 0.3 is 0 Å². The van der Waals surface area contributed by atoms with Crippen molar-refractivity contribution in [1.29, 1.82) is 0 Å². The minimum Gasteiger partial charge on any atom is -0.508 e. The molecule has 0 radical (unpaired) electrons. The maximum Gasteiger partial charge on any atom is 0.133 e. The first kappa shape index (κ1) is 23.6. The molecule has 0 spiro atoms. The second-order valence-corrected chi connectivity index (χ2v) is 11.0. The van der Waals surface area contributed by atoms with Gasteiger partial charge in [0.25, 0.3) is 0 Å². The Hall–Kier alpha value is -1.17. The van der Waals surface area contributed by atoms with Crippen molar-refractivity contribution in [2.45, 2.75) is 65.5 Å². The van der Waals surface area contributed by atoms with Gasteiger partial charge in [0.1, 0.15) is 35.6 Å². The van der Waals surface area contributed by atoms with E-state index in [0.717, 1.165) is 24.9 Å². The Morgan fingerprint density at radius 2 is 1.97 bits per heavy atom. The highest BCUT2D eigenvalue weighted by molar-refractivity contribution is 8.00. The molecule has 8 nitrogen and oxygen atoms in total. The fourth-order valence-corrected chi connectivity index (χ4v) is 8.03. The number of aromatic hydroxyl groups is 1. The number of thioether (sulfide) groups is 1. The van der Waals surface area contributed by atoms with Gasteiger partial charge in [-0.25, -0.2) is 0 Å². The van der Waals surface area contributed by atoms with Crippen molar-refractivity contribution in [2.75, 3.05) is 27.3 Å². The van der Waals surface area contributed by atoms with Crippen molar-refractivity contribution in [3.63, 3.8) is 0 Å². The summed E-state index contributed by atoms with van der Waals surface area (Å²) in [5.41, 5.74) is 1.15. The van der Waals surface area contributed by atoms with Gasteiger partial charge < -0.3 is 39.9 Å². The molecule has 2 bridgehead atoms. The lowest BCUT2D eigenvalue weighted by Gasteiger charge is -2.60. The first-order valence-electron chi connectivity index (χ1n) is 11.5. The lowest BCUT2D eigenvalue weighted by Crippen LogP contribution is -2.66. The number of aliphatic hydroxyl groups excluding tert-OH is 4. The Bertz CT molecular complexity index is 913. The van der Waals surface area contributed by atoms with Crippen LogP contribution in [0.1, 0.15) is 17.5 Å². The van der Waals surface area contributed by atoms with Gasteiger partial charge in [-0.2, -0.15) is 0 Å². The van der Waals surface area contributed by atoms with Crippen LogP contribution in [0.2, 0.25) is 0 Å². The number of aliphatic hydroxyl groups is 4. The van der Waals surface area contributed by atoms with Crippen LogP contribution in [0.15, 0.2) is 30.4 Å². The predicted molar refractivity (Wildman–Crippen MR) is 123 cm³/mol. The molecule has 5 rings (SSSR count). The Morgan fingerprint density at radius 3 is 2.70 bits per heavy atom. The molecule has 0 aromatic heterocycles. The summed E-state index contributed by atoms with van der Waals surface area (Å²) in [6.45, 7) is 0.449.